The highest BCUT2D eigenvalue weighted by Crippen LogP contribution is 2.44. The minimum atomic E-state index is -4.57. The molecule has 1 aliphatic carbocycles. The lowest BCUT2D eigenvalue weighted by Gasteiger charge is -2.25. The van der Waals surface area contributed by atoms with E-state index in [2.05, 4.69) is 21.3 Å². The average Bonchev–Trinajstić information content (AvgIpc) is 3.36. The van der Waals surface area contributed by atoms with E-state index in [9.17, 15) is 32.1 Å². The van der Waals surface area contributed by atoms with Gasteiger partial charge in [0.15, 0.2) is 0 Å². The predicted molar refractivity (Wildman–Crippen MR) is 188 cm³/mol. The van der Waals surface area contributed by atoms with Gasteiger partial charge < -0.3 is 31.7 Å². The van der Waals surface area contributed by atoms with Crippen LogP contribution in [0.2, 0.25) is 0 Å². The van der Waals surface area contributed by atoms with Gasteiger partial charge in [0.05, 0.1) is 4.90 Å². The molecule has 0 aliphatic heterocycles. The Balaban J connectivity index is 1.45. The first-order chi connectivity index (χ1) is 22.8. The summed E-state index contributed by atoms with van der Waals surface area (Å²) in [5.74, 6) is -1.91. The van der Waals surface area contributed by atoms with E-state index in [0.29, 0.717) is 9.99 Å². The van der Waals surface area contributed by atoms with Gasteiger partial charge in [0, 0.05) is 22.6 Å². The van der Waals surface area contributed by atoms with E-state index in [1.54, 1.807) is 13.8 Å². The lowest BCUT2D eigenvalue weighted by molar-refractivity contribution is -0.128. The molecule has 0 bridgehead atoms. The summed E-state index contributed by atoms with van der Waals surface area (Å²) in [5.41, 5.74) is 9.79. The molecule has 1 aliphatic rings. The van der Waals surface area contributed by atoms with Crippen LogP contribution in [0.4, 0.5) is 15.3 Å². The summed E-state index contributed by atoms with van der Waals surface area (Å²) in [5, 5.41) is 10.3. The van der Waals surface area contributed by atoms with E-state index in [1.807, 2.05) is 71.1 Å². The number of rotatable bonds is 14. The van der Waals surface area contributed by atoms with Gasteiger partial charge in [0.2, 0.25) is 11.8 Å². The van der Waals surface area contributed by atoms with Crippen LogP contribution in [0.5, 0.6) is 0 Å². The topological polar surface area (TPSA) is 206 Å². The highest BCUT2D eigenvalue weighted by Gasteiger charge is 2.32. The zero-order valence-electron chi connectivity index (χ0n) is 26.4. The molecular formula is C33H38IN5O8S. The van der Waals surface area contributed by atoms with E-state index in [1.165, 1.54) is 12.1 Å². The SMILES string of the molecule is CC(C)[C@H](NC(=O)OCC1c2ccccc2-c2ccccc21)C(=O)N[C@@H](CCCNC(N)=O)C(=O)Nc1ccc(CI)c(S(=O)(=O)O)c1. The number of alkyl halides is 1. The van der Waals surface area contributed by atoms with Crippen molar-refractivity contribution in [1.82, 2.24) is 16.0 Å². The third-order valence-corrected chi connectivity index (χ3v) is 9.68. The number of benzene rings is 3. The first-order valence-corrected chi connectivity index (χ1v) is 18.2. The number of ether oxygens (including phenoxy) is 1. The molecule has 3 aromatic rings. The van der Waals surface area contributed by atoms with Crippen molar-refractivity contribution in [2.45, 2.75) is 54.0 Å². The fourth-order valence-corrected chi connectivity index (χ4v) is 7.23. The number of hydrogen-bond acceptors (Lipinski definition) is 7. The fraction of sp³-hybridized carbons (Fsp3) is 0.333. The van der Waals surface area contributed by atoms with Gasteiger partial charge in [-0.05, 0) is 58.7 Å². The number of urea groups is 1. The minimum Gasteiger partial charge on any atom is -0.449 e. The number of primary amides is 1. The van der Waals surface area contributed by atoms with Crippen LogP contribution in [0.1, 0.15) is 49.3 Å². The molecule has 0 radical (unpaired) electrons. The third kappa shape index (κ3) is 9.23. The molecule has 0 fully saturated rings. The number of carbonyl (C=O) groups excluding carboxylic acids is 4. The van der Waals surface area contributed by atoms with Crippen molar-refractivity contribution in [2.24, 2.45) is 11.7 Å². The Morgan fingerprint density at radius 2 is 1.56 bits per heavy atom. The Labute approximate surface area is 292 Å². The Bertz CT molecular complexity index is 1740. The van der Waals surface area contributed by atoms with Crippen molar-refractivity contribution in [1.29, 1.82) is 0 Å². The average molecular weight is 792 g/mol. The second kappa shape index (κ2) is 16.3. The number of fused-ring (bicyclic) bond motifs is 3. The molecule has 256 valence electrons. The number of alkyl carbamates (subject to hydrolysis) is 1. The van der Waals surface area contributed by atoms with Gasteiger partial charge in [-0.2, -0.15) is 8.42 Å². The van der Waals surface area contributed by atoms with Gasteiger partial charge in [-0.15, -0.1) is 0 Å². The highest BCUT2D eigenvalue weighted by molar-refractivity contribution is 14.1. The fourth-order valence-electron chi connectivity index (χ4n) is 5.56. The van der Waals surface area contributed by atoms with Crippen molar-refractivity contribution < 1.29 is 36.9 Å². The van der Waals surface area contributed by atoms with Gasteiger partial charge in [-0.1, -0.05) is 91.0 Å². The van der Waals surface area contributed by atoms with Crippen LogP contribution in [0.25, 0.3) is 11.1 Å². The molecule has 0 saturated heterocycles. The number of nitrogens with two attached hydrogens (primary N) is 1. The van der Waals surface area contributed by atoms with Crippen LogP contribution in [0, 0.1) is 5.92 Å². The van der Waals surface area contributed by atoms with E-state index in [0.717, 1.165) is 28.3 Å². The molecule has 7 N–H and O–H groups in total. The van der Waals surface area contributed by atoms with Gasteiger partial charge in [-0.25, -0.2) is 9.59 Å². The van der Waals surface area contributed by atoms with Crippen molar-refractivity contribution >= 4 is 62.3 Å². The number of hydrogen-bond donors (Lipinski definition) is 6. The first-order valence-electron chi connectivity index (χ1n) is 15.2. The molecule has 4 rings (SSSR count). The number of nitrogens with one attached hydrogen (secondary N) is 4. The molecule has 48 heavy (non-hydrogen) atoms. The lowest BCUT2D eigenvalue weighted by Crippen LogP contribution is -2.54. The molecule has 0 aromatic heterocycles. The van der Waals surface area contributed by atoms with Gasteiger partial charge in [-0.3, -0.25) is 14.1 Å². The maximum atomic E-state index is 13.5. The molecular weight excluding hydrogens is 753 g/mol. The number of carbonyl (C=O) groups is 4. The third-order valence-electron chi connectivity index (χ3n) is 7.92. The summed E-state index contributed by atoms with van der Waals surface area (Å²) < 4.78 is 39.4. The van der Waals surface area contributed by atoms with Crippen LogP contribution in [-0.4, -0.2) is 62.1 Å². The highest BCUT2D eigenvalue weighted by atomic mass is 127. The predicted octanol–water partition coefficient (Wildman–Crippen LogP) is 4.30. The minimum absolute atomic E-state index is 0.0477. The van der Waals surface area contributed by atoms with Crippen molar-refractivity contribution in [2.75, 3.05) is 18.5 Å². The summed E-state index contributed by atoms with van der Waals surface area (Å²) in [7, 11) is -4.57. The van der Waals surface area contributed by atoms with E-state index < -0.39 is 52.1 Å². The maximum absolute atomic E-state index is 13.5. The molecule has 5 amide bonds. The second-order valence-corrected chi connectivity index (χ2v) is 13.8. The molecule has 0 spiro atoms. The molecule has 15 heteroatoms. The molecule has 2 atom stereocenters. The summed E-state index contributed by atoms with van der Waals surface area (Å²) in [6, 6.07) is 16.9. The Morgan fingerprint density at radius 1 is 0.938 bits per heavy atom. The molecule has 0 saturated carbocycles. The number of anilines is 1. The van der Waals surface area contributed by atoms with Crippen molar-refractivity contribution in [3.05, 3.63) is 83.4 Å². The van der Waals surface area contributed by atoms with E-state index >= 15 is 0 Å². The smallest absolute Gasteiger partial charge is 0.407 e. The lowest BCUT2D eigenvalue weighted by atomic mass is 9.98. The van der Waals surface area contributed by atoms with Gasteiger partial charge in [0.25, 0.3) is 10.1 Å². The maximum Gasteiger partial charge on any atom is 0.407 e. The van der Waals surface area contributed by atoms with Gasteiger partial charge in [0.1, 0.15) is 18.7 Å². The van der Waals surface area contributed by atoms with Crippen LogP contribution >= 0.6 is 22.6 Å². The van der Waals surface area contributed by atoms with Crippen LogP contribution in [-0.2, 0) is 28.9 Å². The summed E-state index contributed by atoms with van der Waals surface area (Å²) in [6.07, 6.45) is -0.493. The van der Waals surface area contributed by atoms with Crippen LogP contribution in [0.15, 0.2) is 71.6 Å². The van der Waals surface area contributed by atoms with Crippen molar-refractivity contribution in [3.63, 3.8) is 0 Å². The quantitative estimate of drug-likeness (QED) is 0.0600. The Kier molecular flexibility index (Phi) is 12.4. The Morgan fingerprint density at radius 3 is 2.12 bits per heavy atom. The van der Waals surface area contributed by atoms with Crippen LogP contribution < -0.4 is 27.0 Å². The summed E-state index contributed by atoms with van der Waals surface area (Å²) in [6.45, 7) is 3.63. The molecule has 0 heterocycles. The molecule has 3 aromatic carbocycles. The first kappa shape index (κ1) is 36.6. The second-order valence-electron chi connectivity index (χ2n) is 11.6. The molecule has 13 nitrogen and oxygen atoms in total. The van der Waals surface area contributed by atoms with E-state index in [-0.39, 0.29) is 42.5 Å². The summed E-state index contributed by atoms with van der Waals surface area (Å²) in [4.78, 5) is 50.7. The largest absolute Gasteiger partial charge is 0.449 e. The van der Waals surface area contributed by atoms with Crippen LogP contribution in [0.3, 0.4) is 0 Å². The Hall–Kier alpha value is -4.22. The zero-order valence-corrected chi connectivity index (χ0v) is 29.3. The van der Waals surface area contributed by atoms with E-state index in [4.69, 9.17) is 10.5 Å². The standard InChI is InChI=1S/C33H38IN5O8S/c1-19(2)29(39-33(43)47-18-26-24-10-5-3-8-22(24)23-9-4-6-11-25(23)26)31(41)38-27(12-7-15-36-32(35)42)30(40)37-21-14-13-20(17-34)28(16-21)48(44,45)46/h3-6,8-11,13-14,16,19,26-27,29H,7,12,15,17-18H2,1-2H3,(H,37,40)(H,38,41)(H,39,43)(H3,35,36,42)(H,44,45,46)/t27-,29-/m0/s1. The summed E-state index contributed by atoms with van der Waals surface area (Å²) >= 11 is 1.95. The van der Waals surface area contributed by atoms with Crippen molar-refractivity contribution in [3.8, 4) is 11.1 Å². The number of halogens is 1. The molecule has 0 unspecified atom stereocenters. The van der Waals surface area contributed by atoms with Gasteiger partial charge >= 0.3 is 12.1 Å². The zero-order chi connectivity index (χ0) is 35.0. The number of amides is 5. The monoisotopic (exact) mass is 791 g/mol. The normalized spacial score (nSPS) is 13.5.